The van der Waals surface area contributed by atoms with E-state index in [0.717, 1.165) is 15.8 Å². The van der Waals surface area contributed by atoms with Gasteiger partial charge in [-0.15, -0.1) is 0 Å². The summed E-state index contributed by atoms with van der Waals surface area (Å²) in [6.07, 6.45) is 1.11. The summed E-state index contributed by atoms with van der Waals surface area (Å²) in [7, 11) is 0. The van der Waals surface area contributed by atoms with Gasteiger partial charge >= 0.3 is 0 Å². The molecular weight excluding hydrogens is 410 g/mol. The lowest BCUT2D eigenvalue weighted by molar-refractivity contribution is -0.120. The maximum Gasteiger partial charge on any atom is 0.229 e. The van der Waals surface area contributed by atoms with Crippen molar-refractivity contribution >= 4 is 33.7 Å². The lowest BCUT2D eigenvalue weighted by atomic mass is 10.0. The van der Waals surface area contributed by atoms with E-state index in [2.05, 4.69) is 31.6 Å². The van der Waals surface area contributed by atoms with Gasteiger partial charge in [0.15, 0.2) is 0 Å². The normalized spacial score (nSPS) is 16.3. The summed E-state index contributed by atoms with van der Waals surface area (Å²) < 4.78 is 6.52. The van der Waals surface area contributed by atoms with Crippen molar-refractivity contribution in [2.24, 2.45) is 4.99 Å². The SMILES string of the molecule is O=C(CCCOc1ccccc1)NC1=N[C@@H](c2ccc(Br)cc2)CC(=O)N1. The highest BCUT2D eigenvalue weighted by Gasteiger charge is 2.23. The summed E-state index contributed by atoms with van der Waals surface area (Å²) in [6.45, 7) is 0.442. The third-order valence-corrected chi connectivity index (χ3v) is 4.52. The van der Waals surface area contributed by atoms with Crippen molar-refractivity contribution in [1.82, 2.24) is 10.6 Å². The molecule has 0 saturated carbocycles. The number of benzene rings is 2. The highest BCUT2D eigenvalue weighted by Crippen LogP contribution is 2.24. The van der Waals surface area contributed by atoms with Crippen molar-refractivity contribution in [2.45, 2.75) is 25.3 Å². The summed E-state index contributed by atoms with van der Waals surface area (Å²) in [5, 5.41) is 5.29. The number of para-hydroxylation sites is 1. The Morgan fingerprint density at radius 3 is 2.67 bits per heavy atom. The van der Waals surface area contributed by atoms with Gasteiger partial charge < -0.3 is 4.74 Å². The van der Waals surface area contributed by atoms with Gasteiger partial charge in [0.25, 0.3) is 0 Å². The summed E-state index contributed by atoms with van der Waals surface area (Å²) >= 11 is 3.39. The fourth-order valence-electron chi connectivity index (χ4n) is 2.67. The van der Waals surface area contributed by atoms with Gasteiger partial charge in [-0.3, -0.25) is 20.2 Å². The van der Waals surface area contributed by atoms with Crippen molar-refractivity contribution in [2.75, 3.05) is 6.61 Å². The number of carbonyl (C=O) groups is 2. The standard InChI is InChI=1S/C20H20BrN3O3/c21-15-10-8-14(9-11-15)17-13-19(26)24-20(22-17)23-18(25)7-4-12-27-16-5-2-1-3-6-16/h1-3,5-6,8-11,17H,4,7,12-13H2,(H2,22,23,24,25,26)/t17-/m1/s1. The molecule has 0 saturated heterocycles. The molecule has 1 aliphatic heterocycles. The molecule has 0 fully saturated rings. The Labute approximate surface area is 166 Å². The Kier molecular flexibility index (Phi) is 6.59. The van der Waals surface area contributed by atoms with Crippen LogP contribution >= 0.6 is 15.9 Å². The number of nitrogens with zero attached hydrogens (tertiary/aromatic N) is 1. The van der Waals surface area contributed by atoms with Crippen LogP contribution in [0.1, 0.15) is 30.9 Å². The van der Waals surface area contributed by atoms with Crippen molar-refractivity contribution in [3.63, 3.8) is 0 Å². The molecule has 0 unspecified atom stereocenters. The number of hydrogen-bond acceptors (Lipinski definition) is 4. The average molecular weight is 430 g/mol. The zero-order valence-corrected chi connectivity index (χ0v) is 16.2. The molecule has 0 spiro atoms. The largest absolute Gasteiger partial charge is 0.494 e. The second kappa shape index (κ2) is 9.32. The molecule has 1 aliphatic rings. The molecular formula is C20H20BrN3O3. The van der Waals surface area contributed by atoms with Crippen molar-refractivity contribution in [1.29, 1.82) is 0 Å². The van der Waals surface area contributed by atoms with Crippen LogP contribution in [-0.2, 0) is 9.59 Å². The van der Waals surface area contributed by atoms with Gasteiger partial charge in [-0.2, -0.15) is 0 Å². The van der Waals surface area contributed by atoms with Gasteiger partial charge in [0.1, 0.15) is 5.75 Å². The van der Waals surface area contributed by atoms with E-state index in [1.165, 1.54) is 0 Å². The van der Waals surface area contributed by atoms with E-state index >= 15 is 0 Å². The Hall–Kier alpha value is -2.67. The quantitative estimate of drug-likeness (QED) is 0.690. The number of rotatable bonds is 6. The van der Waals surface area contributed by atoms with Crippen molar-refractivity contribution in [3.8, 4) is 5.75 Å². The van der Waals surface area contributed by atoms with E-state index in [4.69, 9.17) is 4.74 Å². The van der Waals surface area contributed by atoms with Crippen LogP contribution in [0.5, 0.6) is 5.75 Å². The number of ether oxygens (including phenoxy) is 1. The van der Waals surface area contributed by atoms with Gasteiger partial charge in [-0.05, 0) is 36.2 Å². The molecule has 7 heteroatoms. The predicted octanol–water partition coefficient (Wildman–Crippen LogP) is 3.34. The molecule has 0 aliphatic carbocycles. The summed E-state index contributed by atoms with van der Waals surface area (Å²) in [4.78, 5) is 28.5. The number of carbonyl (C=O) groups excluding carboxylic acids is 2. The topological polar surface area (TPSA) is 79.8 Å². The predicted molar refractivity (Wildman–Crippen MR) is 106 cm³/mol. The van der Waals surface area contributed by atoms with Crippen molar-refractivity contribution in [3.05, 3.63) is 64.6 Å². The molecule has 1 heterocycles. The van der Waals surface area contributed by atoms with E-state index < -0.39 is 0 Å². The maximum absolute atomic E-state index is 12.1. The number of halogens is 1. The Bertz CT molecular complexity index is 822. The van der Waals surface area contributed by atoms with Gasteiger partial charge in [-0.1, -0.05) is 46.3 Å². The summed E-state index contributed by atoms with van der Waals surface area (Å²) in [6, 6.07) is 16.8. The van der Waals surface area contributed by atoms with Crippen LogP contribution in [0.2, 0.25) is 0 Å². The average Bonchev–Trinajstić information content (AvgIpc) is 2.66. The first kappa shape index (κ1) is 19.1. The second-order valence-electron chi connectivity index (χ2n) is 6.11. The fourth-order valence-corrected chi connectivity index (χ4v) is 2.93. The Morgan fingerprint density at radius 2 is 1.93 bits per heavy atom. The minimum atomic E-state index is -0.302. The van der Waals surface area contributed by atoms with E-state index in [1.807, 2.05) is 54.6 Å². The molecule has 0 radical (unpaired) electrons. The van der Waals surface area contributed by atoms with Gasteiger partial charge in [-0.25, -0.2) is 4.99 Å². The Morgan fingerprint density at radius 1 is 1.19 bits per heavy atom. The van der Waals surface area contributed by atoms with Crippen LogP contribution in [0, 0.1) is 0 Å². The molecule has 27 heavy (non-hydrogen) atoms. The lowest BCUT2D eigenvalue weighted by Crippen LogP contribution is -2.47. The van der Waals surface area contributed by atoms with Crippen LogP contribution in [0.3, 0.4) is 0 Å². The lowest BCUT2D eigenvalue weighted by Gasteiger charge is -2.21. The molecule has 140 valence electrons. The monoisotopic (exact) mass is 429 g/mol. The molecule has 2 N–H and O–H groups in total. The molecule has 0 bridgehead atoms. The van der Waals surface area contributed by atoms with E-state index in [9.17, 15) is 9.59 Å². The van der Waals surface area contributed by atoms with Crippen LogP contribution in [0.25, 0.3) is 0 Å². The Balaban J connectivity index is 1.50. The zero-order valence-electron chi connectivity index (χ0n) is 14.7. The van der Waals surface area contributed by atoms with Crippen LogP contribution in [0.15, 0.2) is 64.1 Å². The first-order valence-electron chi connectivity index (χ1n) is 8.71. The molecule has 1 atom stereocenters. The minimum Gasteiger partial charge on any atom is -0.494 e. The van der Waals surface area contributed by atoms with Crippen molar-refractivity contribution < 1.29 is 14.3 Å². The zero-order chi connectivity index (χ0) is 19.1. The smallest absolute Gasteiger partial charge is 0.229 e. The fraction of sp³-hybridized carbons (Fsp3) is 0.250. The second-order valence-corrected chi connectivity index (χ2v) is 7.03. The number of amides is 2. The van der Waals surface area contributed by atoms with Crippen LogP contribution in [0.4, 0.5) is 0 Å². The van der Waals surface area contributed by atoms with E-state index in [-0.39, 0.29) is 36.7 Å². The van der Waals surface area contributed by atoms with Gasteiger partial charge in [0.2, 0.25) is 17.8 Å². The molecule has 2 amide bonds. The highest BCUT2D eigenvalue weighted by atomic mass is 79.9. The van der Waals surface area contributed by atoms with Crippen LogP contribution < -0.4 is 15.4 Å². The summed E-state index contributed by atoms with van der Waals surface area (Å²) in [5.74, 6) is 0.607. The maximum atomic E-state index is 12.1. The summed E-state index contributed by atoms with van der Waals surface area (Å²) in [5.41, 5.74) is 0.927. The molecule has 6 nitrogen and oxygen atoms in total. The number of nitrogens with one attached hydrogen (secondary N) is 2. The van der Waals surface area contributed by atoms with Crippen LogP contribution in [-0.4, -0.2) is 24.4 Å². The third kappa shape index (κ3) is 5.92. The minimum absolute atomic E-state index is 0.166. The third-order valence-electron chi connectivity index (χ3n) is 3.99. The molecule has 2 aromatic rings. The molecule has 3 rings (SSSR count). The number of aliphatic imine (C=N–C) groups is 1. The molecule has 2 aromatic carbocycles. The van der Waals surface area contributed by atoms with Gasteiger partial charge in [0.05, 0.1) is 19.1 Å². The first-order valence-corrected chi connectivity index (χ1v) is 9.50. The number of guanidine groups is 1. The van der Waals surface area contributed by atoms with E-state index in [0.29, 0.717) is 13.0 Å². The first-order chi connectivity index (χ1) is 13.1. The highest BCUT2D eigenvalue weighted by molar-refractivity contribution is 9.10. The van der Waals surface area contributed by atoms with E-state index in [1.54, 1.807) is 0 Å². The molecule has 0 aromatic heterocycles. The van der Waals surface area contributed by atoms with Gasteiger partial charge in [0, 0.05) is 10.9 Å². The number of hydrogen-bond donors (Lipinski definition) is 2.